The molecule has 9 nitrogen and oxygen atoms in total. The Morgan fingerprint density at radius 3 is 2.59 bits per heavy atom. The van der Waals surface area contributed by atoms with Crippen molar-refractivity contribution < 1.29 is 9.72 Å². The molecule has 198 valence electrons. The van der Waals surface area contributed by atoms with Crippen molar-refractivity contribution in [2.24, 2.45) is 5.92 Å². The fraction of sp³-hybridized carbons (Fsp3) is 0.207. The second-order valence-corrected chi connectivity index (χ2v) is 10.1. The van der Waals surface area contributed by atoms with E-state index in [1.165, 1.54) is 6.07 Å². The lowest BCUT2D eigenvalue weighted by Gasteiger charge is -2.29. The fourth-order valence-corrected chi connectivity index (χ4v) is 5.12. The van der Waals surface area contributed by atoms with Crippen LogP contribution in [-0.4, -0.2) is 25.5 Å². The molecule has 0 aliphatic carbocycles. The Morgan fingerprint density at radius 1 is 1.08 bits per heavy atom. The minimum absolute atomic E-state index is 0.0139. The Kier molecular flexibility index (Phi) is 7.12. The zero-order valence-corrected chi connectivity index (χ0v) is 22.6. The van der Waals surface area contributed by atoms with Crippen molar-refractivity contribution in [3.8, 4) is 5.69 Å². The van der Waals surface area contributed by atoms with Crippen molar-refractivity contribution in [2.45, 2.75) is 32.9 Å². The number of pyridine rings is 1. The molecule has 1 saturated heterocycles. The number of hydrogen-bond acceptors (Lipinski definition) is 5. The summed E-state index contributed by atoms with van der Waals surface area (Å²) < 4.78 is 1.94. The van der Waals surface area contributed by atoms with Crippen LogP contribution in [0.15, 0.2) is 85.2 Å². The van der Waals surface area contributed by atoms with Gasteiger partial charge in [-0.25, -0.2) is 0 Å². The first kappa shape index (κ1) is 26.1. The standard InChI is InChI=1S/C29H28N6O3S/c1-18(2)28(36)31-23-13-12-21(16-19(23)3)34-27(26(32-29(34)39)24-10-4-5-14-30-24)25-11-7-15-33(25)20-8-6-9-22(17-20)35(37)38/h4-18,26-27H,1-3H3,(H,31,36)(H,32,39)/t26-,27-/m1/s1. The topological polar surface area (TPSA) is 105 Å². The number of hydrogen-bond donors (Lipinski definition) is 2. The van der Waals surface area contributed by atoms with Gasteiger partial charge in [0.25, 0.3) is 5.69 Å². The number of nitro groups is 1. The number of rotatable bonds is 7. The second-order valence-electron chi connectivity index (χ2n) is 9.72. The average molecular weight is 541 g/mol. The largest absolute Gasteiger partial charge is 0.351 e. The number of anilines is 2. The van der Waals surface area contributed by atoms with Crippen molar-refractivity contribution in [1.82, 2.24) is 14.9 Å². The number of aromatic nitrogens is 2. The van der Waals surface area contributed by atoms with E-state index in [9.17, 15) is 14.9 Å². The van der Waals surface area contributed by atoms with Crippen LogP contribution in [0.4, 0.5) is 17.1 Å². The second kappa shape index (κ2) is 10.7. The Hall–Kier alpha value is -4.57. The molecule has 2 aromatic carbocycles. The Morgan fingerprint density at radius 2 is 1.90 bits per heavy atom. The van der Waals surface area contributed by atoms with E-state index in [0.29, 0.717) is 10.8 Å². The van der Waals surface area contributed by atoms with Crippen LogP contribution in [0.3, 0.4) is 0 Å². The highest BCUT2D eigenvalue weighted by Gasteiger charge is 2.42. The monoisotopic (exact) mass is 540 g/mol. The van der Waals surface area contributed by atoms with Crippen LogP contribution in [0.5, 0.6) is 0 Å². The van der Waals surface area contributed by atoms with E-state index in [4.69, 9.17) is 12.2 Å². The average Bonchev–Trinajstić information content (AvgIpc) is 3.54. The van der Waals surface area contributed by atoms with Gasteiger partial charge in [0.05, 0.1) is 22.3 Å². The smallest absolute Gasteiger partial charge is 0.271 e. The van der Waals surface area contributed by atoms with Gasteiger partial charge in [0.1, 0.15) is 6.04 Å². The molecule has 1 amide bonds. The number of non-ortho nitro benzene ring substituents is 1. The van der Waals surface area contributed by atoms with Crippen molar-refractivity contribution in [2.75, 3.05) is 10.2 Å². The molecule has 0 saturated carbocycles. The van der Waals surface area contributed by atoms with Crippen LogP contribution in [0.1, 0.15) is 42.9 Å². The first-order valence-corrected chi connectivity index (χ1v) is 13.0. The molecule has 2 aromatic heterocycles. The van der Waals surface area contributed by atoms with Gasteiger partial charge >= 0.3 is 0 Å². The van der Waals surface area contributed by atoms with E-state index in [1.807, 2.05) is 91.0 Å². The van der Waals surface area contributed by atoms with Gasteiger partial charge in [-0.15, -0.1) is 0 Å². The van der Waals surface area contributed by atoms with E-state index in [2.05, 4.69) is 15.6 Å². The number of carbonyl (C=O) groups excluding carboxylic acids is 1. The summed E-state index contributed by atoms with van der Waals surface area (Å²) in [6.07, 6.45) is 3.63. The predicted octanol–water partition coefficient (Wildman–Crippen LogP) is 5.86. The molecule has 10 heteroatoms. The number of aryl methyl sites for hydroxylation is 1. The lowest BCUT2D eigenvalue weighted by Crippen LogP contribution is -2.30. The maximum absolute atomic E-state index is 12.3. The first-order chi connectivity index (χ1) is 18.7. The lowest BCUT2D eigenvalue weighted by atomic mass is 10.00. The number of thiocarbonyl (C=S) groups is 1. The number of benzene rings is 2. The molecule has 2 atom stereocenters. The summed E-state index contributed by atoms with van der Waals surface area (Å²) in [6, 6.07) is 21.4. The minimum atomic E-state index is -0.398. The van der Waals surface area contributed by atoms with Crippen molar-refractivity contribution in [3.05, 3.63) is 112 Å². The normalized spacial score (nSPS) is 16.8. The molecule has 0 spiro atoms. The summed E-state index contributed by atoms with van der Waals surface area (Å²) in [7, 11) is 0. The Labute approximate surface area is 231 Å². The lowest BCUT2D eigenvalue weighted by molar-refractivity contribution is -0.384. The van der Waals surface area contributed by atoms with E-state index in [1.54, 1.807) is 18.3 Å². The third kappa shape index (κ3) is 5.10. The van der Waals surface area contributed by atoms with Crippen LogP contribution in [0.2, 0.25) is 0 Å². The Balaban J connectivity index is 1.61. The van der Waals surface area contributed by atoms with Crippen LogP contribution < -0.4 is 15.5 Å². The third-order valence-corrected chi connectivity index (χ3v) is 7.09. The maximum Gasteiger partial charge on any atom is 0.271 e. The SMILES string of the molecule is Cc1cc(N2C(=S)N[C@H](c3ccccn3)[C@H]2c2cccn2-c2cccc([N+](=O)[O-])c2)ccc1NC(=O)C(C)C. The number of nitro benzene ring substituents is 1. The molecular weight excluding hydrogens is 512 g/mol. The number of nitrogens with one attached hydrogen (secondary N) is 2. The molecule has 39 heavy (non-hydrogen) atoms. The predicted molar refractivity (Wildman–Crippen MR) is 155 cm³/mol. The summed E-state index contributed by atoms with van der Waals surface area (Å²) in [5.41, 5.74) is 4.88. The van der Waals surface area contributed by atoms with Gasteiger partial charge in [-0.3, -0.25) is 19.9 Å². The van der Waals surface area contributed by atoms with Gasteiger partial charge in [-0.1, -0.05) is 26.0 Å². The third-order valence-electron chi connectivity index (χ3n) is 6.77. The zero-order chi connectivity index (χ0) is 27.7. The molecule has 0 radical (unpaired) electrons. The van der Waals surface area contributed by atoms with Gasteiger partial charge in [-0.2, -0.15) is 0 Å². The Bertz CT molecular complexity index is 1550. The van der Waals surface area contributed by atoms with Gasteiger partial charge < -0.3 is 20.1 Å². The van der Waals surface area contributed by atoms with E-state index >= 15 is 0 Å². The van der Waals surface area contributed by atoms with Gasteiger partial charge in [0.2, 0.25) is 5.91 Å². The van der Waals surface area contributed by atoms with E-state index < -0.39 is 4.92 Å². The van der Waals surface area contributed by atoms with Crippen LogP contribution in [0, 0.1) is 23.0 Å². The summed E-state index contributed by atoms with van der Waals surface area (Å²) in [6.45, 7) is 5.65. The number of amides is 1. The van der Waals surface area contributed by atoms with Crippen LogP contribution in [-0.2, 0) is 4.79 Å². The van der Waals surface area contributed by atoms with Crippen molar-refractivity contribution >= 4 is 40.3 Å². The molecule has 1 aliphatic heterocycles. The highest BCUT2D eigenvalue weighted by atomic mass is 32.1. The van der Waals surface area contributed by atoms with Crippen molar-refractivity contribution in [1.29, 1.82) is 0 Å². The molecule has 5 rings (SSSR count). The zero-order valence-electron chi connectivity index (χ0n) is 21.7. The molecule has 1 aliphatic rings. The number of nitrogens with zero attached hydrogens (tertiary/aromatic N) is 4. The summed E-state index contributed by atoms with van der Waals surface area (Å²) in [5.74, 6) is -0.184. The molecule has 0 bridgehead atoms. The highest BCUT2D eigenvalue weighted by molar-refractivity contribution is 7.80. The molecular formula is C29H28N6O3S. The molecule has 1 fully saturated rings. The summed E-state index contributed by atoms with van der Waals surface area (Å²) >= 11 is 5.86. The van der Waals surface area contributed by atoms with Crippen molar-refractivity contribution in [3.63, 3.8) is 0 Å². The molecule has 3 heterocycles. The number of carbonyl (C=O) groups is 1. The van der Waals surface area contributed by atoms with Gasteiger partial charge in [-0.05, 0) is 73.2 Å². The van der Waals surface area contributed by atoms with E-state index in [0.717, 1.165) is 28.3 Å². The minimum Gasteiger partial charge on any atom is -0.351 e. The molecule has 0 unspecified atom stereocenters. The molecule has 4 aromatic rings. The summed E-state index contributed by atoms with van der Waals surface area (Å²) in [4.78, 5) is 30.0. The van der Waals surface area contributed by atoms with Crippen LogP contribution in [0.25, 0.3) is 5.69 Å². The van der Waals surface area contributed by atoms with E-state index in [-0.39, 0.29) is 29.6 Å². The quantitative estimate of drug-likeness (QED) is 0.172. The highest BCUT2D eigenvalue weighted by Crippen LogP contribution is 2.43. The first-order valence-electron chi connectivity index (χ1n) is 12.6. The van der Waals surface area contributed by atoms with Gasteiger partial charge in [0, 0.05) is 47.5 Å². The fourth-order valence-electron chi connectivity index (χ4n) is 4.78. The molecule has 2 N–H and O–H groups in total. The van der Waals surface area contributed by atoms with Gasteiger partial charge in [0.15, 0.2) is 5.11 Å². The maximum atomic E-state index is 12.3. The van der Waals surface area contributed by atoms with Crippen LogP contribution >= 0.6 is 12.2 Å². The summed E-state index contributed by atoms with van der Waals surface area (Å²) in [5, 5.41) is 18.4.